The third kappa shape index (κ3) is 2.08. The average Bonchev–Trinajstić information content (AvgIpc) is 2.90. The zero-order valence-corrected chi connectivity index (χ0v) is 13.0. The van der Waals surface area contributed by atoms with Crippen LogP contribution in [0.15, 0.2) is 6.07 Å². The lowest BCUT2D eigenvalue weighted by Crippen LogP contribution is -2.29. The monoisotopic (exact) mass is 306 g/mol. The van der Waals surface area contributed by atoms with Crippen LogP contribution in [0.2, 0.25) is 0 Å². The maximum absolute atomic E-state index is 12.5. The Balaban J connectivity index is 1.57. The molecule has 1 saturated carbocycles. The number of hydrogen-bond acceptors (Lipinski definition) is 5. The summed E-state index contributed by atoms with van der Waals surface area (Å²) in [5.74, 6) is 0.180. The van der Waals surface area contributed by atoms with Gasteiger partial charge in [0.1, 0.15) is 15.3 Å². The molecule has 1 aliphatic heterocycles. The molecular formula is C15H18N2O3S. The number of aryl methyl sites for hydroxylation is 2. The van der Waals surface area contributed by atoms with Gasteiger partial charge in [-0.25, -0.2) is 4.79 Å². The second kappa shape index (κ2) is 4.55. The predicted octanol–water partition coefficient (Wildman–Crippen LogP) is 2.67. The molecule has 1 aliphatic carbocycles. The molecule has 21 heavy (non-hydrogen) atoms. The number of ether oxygens (including phenoxy) is 2. The van der Waals surface area contributed by atoms with Crippen molar-refractivity contribution in [1.82, 2.24) is 9.78 Å². The van der Waals surface area contributed by atoms with Crippen LogP contribution in [0.25, 0.3) is 10.2 Å². The van der Waals surface area contributed by atoms with Crippen molar-refractivity contribution in [2.45, 2.75) is 31.8 Å². The molecular weight excluding hydrogens is 288 g/mol. The van der Waals surface area contributed by atoms with Crippen LogP contribution in [0.4, 0.5) is 0 Å². The number of rotatable bonds is 3. The van der Waals surface area contributed by atoms with Gasteiger partial charge in [0.05, 0.1) is 12.3 Å². The highest BCUT2D eigenvalue weighted by Gasteiger charge is 2.54. The minimum atomic E-state index is -0.253. The van der Waals surface area contributed by atoms with Crippen molar-refractivity contribution in [3.05, 3.63) is 16.6 Å². The largest absolute Gasteiger partial charge is 0.454 e. The Morgan fingerprint density at radius 3 is 3.00 bits per heavy atom. The standard InChI is InChI=1S/C15H18N2O3S/c1-9-11-7-12(21-13(11)17(2)16-9)14(18)20-15(4-5-15)10-3-6-19-8-10/h7,10H,3-6,8H2,1-2H3. The molecule has 1 atom stereocenters. The Labute approximate surface area is 126 Å². The first-order valence-corrected chi connectivity index (χ1v) is 8.15. The average molecular weight is 306 g/mol. The Morgan fingerprint density at radius 2 is 2.38 bits per heavy atom. The first-order valence-electron chi connectivity index (χ1n) is 7.33. The molecule has 0 radical (unpaired) electrons. The van der Waals surface area contributed by atoms with E-state index in [1.807, 2.05) is 24.7 Å². The van der Waals surface area contributed by atoms with E-state index in [1.54, 1.807) is 0 Å². The van der Waals surface area contributed by atoms with Gasteiger partial charge in [-0.2, -0.15) is 5.10 Å². The van der Waals surface area contributed by atoms with Crippen LogP contribution in [0.5, 0.6) is 0 Å². The normalized spacial score (nSPS) is 23.6. The molecule has 3 heterocycles. The minimum Gasteiger partial charge on any atom is -0.454 e. The van der Waals surface area contributed by atoms with Gasteiger partial charge >= 0.3 is 5.97 Å². The second-order valence-corrected chi connectivity index (χ2v) is 7.08. The number of thiophene rings is 1. The number of hydrogen-bond donors (Lipinski definition) is 0. The van der Waals surface area contributed by atoms with Gasteiger partial charge in [-0.15, -0.1) is 11.3 Å². The van der Waals surface area contributed by atoms with Crippen LogP contribution in [-0.4, -0.2) is 34.6 Å². The molecule has 1 unspecified atom stereocenters. The summed E-state index contributed by atoms with van der Waals surface area (Å²) in [6.07, 6.45) is 2.94. The molecule has 0 spiro atoms. The highest BCUT2D eigenvalue weighted by Crippen LogP contribution is 2.49. The molecule has 2 aliphatic rings. The van der Waals surface area contributed by atoms with E-state index in [0.717, 1.165) is 48.4 Å². The number of esters is 1. The first-order chi connectivity index (χ1) is 10.1. The van der Waals surface area contributed by atoms with Crippen molar-refractivity contribution < 1.29 is 14.3 Å². The Bertz CT molecular complexity index is 673. The van der Waals surface area contributed by atoms with Gasteiger partial charge in [-0.1, -0.05) is 0 Å². The minimum absolute atomic E-state index is 0.194. The van der Waals surface area contributed by atoms with Crippen molar-refractivity contribution in [2.75, 3.05) is 13.2 Å². The van der Waals surface area contributed by atoms with Crippen LogP contribution in [0, 0.1) is 12.8 Å². The summed E-state index contributed by atoms with van der Waals surface area (Å²) in [5.41, 5.74) is 0.699. The highest BCUT2D eigenvalue weighted by molar-refractivity contribution is 7.20. The Morgan fingerprint density at radius 1 is 1.57 bits per heavy atom. The fourth-order valence-corrected chi connectivity index (χ4v) is 4.21. The van der Waals surface area contributed by atoms with Gasteiger partial charge < -0.3 is 9.47 Å². The van der Waals surface area contributed by atoms with E-state index in [2.05, 4.69) is 5.10 Å². The van der Waals surface area contributed by atoms with Crippen LogP contribution in [0.3, 0.4) is 0 Å². The van der Waals surface area contributed by atoms with Crippen LogP contribution in [0.1, 0.15) is 34.6 Å². The van der Waals surface area contributed by atoms with Gasteiger partial charge in [0.25, 0.3) is 0 Å². The van der Waals surface area contributed by atoms with Crippen molar-refractivity contribution in [2.24, 2.45) is 13.0 Å². The van der Waals surface area contributed by atoms with Crippen molar-refractivity contribution in [3.8, 4) is 0 Å². The maximum atomic E-state index is 12.5. The fraction of sp³-hybridized carbons (Fsp3) is 0.600. The molecule has 2 fully saturated rings. The SMILES string of the molecule is Cc1nn(C)c2sc(C(=O)OC3(C4CCOC4)CC3)cc12. The second-order valence-electron chi connectivity index (χ2n) is 6.05. The molecule has 0 bridgehead atoms. The van der Waals surface area contributed by atoms with E-state index in [-0.39, 0.29) is 11.6 Å². The molecule has 1 saturated heterocycles. The first kappa shape index (κ1) is 13.3. The van der Waals surface area contributed by atoms with Crippen molar-refractivity contribution in [1.29, 1.82) is 0 Å². The molecule has 0 N–H and O–H groups in total. The van der Waals surface area contributed by atoms with E-state index < -0.39 is 0 Å². The molecule has 2 aromatic rings. The van der Waals surface area contributed by atoms with Gasteiger partial charge in [0.15, 0.2) is 0 Å². The smallest absolute Gasteiger partial charge is 0.348 e. The number of fused-ring (bicyclic) bond motifs is 1. The van der Waals surface area contributed by atoms with Gasteiger partial charge in [-0.05, 0) is 32.3 Å². The molecule has 5 nitrogen and oxygen atoms in total. The van der Waals surface area contributed by atoms with Crippen LogP contribution < -0.4 is 0 Å². The summed E-state index contributed by atoms with van der Waals surface area (Å²) >= 11 is 1.46. The third-order valence-corrected chi connectivity index (χ3v) is 5.79. The fourth-order valence-electron chi connectivity index (χ4n) is 3.21. The summed E-state index contributed by atoms with van der Waals surface area (Å²) in [5, 5.41) is 5.40. The number of aromatic nitrogens is 2. The lowest BCUT2D eigenvalue weighted by Gasteiger charge is -2.21. The van der Waals surface area contributed by atoms with Crippen molar-refractivity contribution in [3.63, 3.8) is 0 Å². The molecule has 6 heteroatoms. The highest BCUT2D eigenvalue weighted by atomic mass is 32.1. The summed E-state index contributed by atoms with van der Waals surface area (Å²) in [4.78, 5) is 14.2. The van der Waals surface area contributed by atoms with Gasteiger partial charge in [0, 0.05) is 25.0 Å². The molecule has 0 amide bonds. The molecule has 2 aromatic heterocycles. The van der Waals surface area contributed by atoms with E-state index in [4.69, 9.17) is 9.47 Å². The number of nitrogens with zero attached hydrogens (tertiary/aromatic N) is 2. The Kier molecular flexibility index (Phi) is 2.87. The molecule has 112 valence electrons. The van der Waals surface area contributed by atoms with Gasteiger partial charge in [0.2, 0.25) is 0 Å². The van der Waals surface area contributed by atoms with Crippen molar-refractivity contribution >= 4 is 27.5 Å². The van der Waals surface area contributed by atoms with E-state index in [0.29, 0.717) is 10.8 Å². The maximum Gasteiger partial charge on any atom is 0.348 e. The zero-order valence-electron chi connectivity index (χ0n) is 12.2. The quantitative estimate of drug-likeness (QED) is 0.818. The van der Waals surface area contributed by atoms with Gasteiger partial charge in [-0.3, -0.25) is 4.68 Å². The Hall–Kier alpha value is -1.40. The molecule has 0 aromatic carbocycles. The zero-order chi connectivity index (χ0) is 14.6. The third-order valence-electron chi connectivity index (χ3n) is 4.61. The summed E-state index contributed by atoms with van der Waals surface area (Å²) in [7, 11) is 1.90. The number of carbonyl (C=O) groups excluding carboxylic acids is 1. The summed E-state index contributed by atoms with van der Waals surface area (Å²) < 4.78 is 13.1. The topological polar surface area (TPSA) is 53.4 Å². The lowest BCUT2D eigenvalue weighted by atomic mass is 9.99. The lowest BCUT2D eigenvalue weighted by molar-refractivity contribution is 0.00137. The summed E-state index contributed by atoms with van der Waals surface area (Å²) in [6, 6.07) is 1.91. The van der Waals surface area contributed by atoms with Crippen LogP contribution in [-0.2, 0) is 16.5 Å². The number of carbonyl (C=O) groups is 1. The molecule has 4 rings (SSSR count). The van der Waals surface area contributed by atoms with E-state index >= 15 is 0 Å². The van der Waals surface area contributed by atoms with E-state index in [1.165, 1.54) is 11.3 Å². The summed E-state index contributed by atoms with van der Waals surface area (Å²) in [6.45, 7) is 3.48. The van der Waals surface area contributed by atoms with E-state index in [9.17, 15) is 4.79 Å². The predicted molar refractivity (Wildman–Crippen MR) is 79.6 cm³/mol. The van der Waals surface area contributed by atoms with Crippen LogP contribution >= 0.6 is 11.3 Å².